The Bertz CT molecular complexity index is 993. The molecule has 0 fully saturated rings. The lowest BCUT2D eigenvalue weighted by molar-refractivity contribution is -0.111. The first kappa shape index (κ1) is 14.7. The molecule has 1 aliphatic rings. The third kappa shape index (κ3) is 2.32. The molecule has 1 aromatic carbocycles. The standard InChI is InChI=1S/C17H13ClN4O2/c18-15-11(5-3-8-19-15)21-17(24)14-13(23)7-9-22-12-6-2-1-4-10(12)20-16(14)22/h1-6,8,23H,7,9H2,(H,21,24). The van der Waals surface area contributed by atoms with E-state index in [2.05, 4.69) is 15.3 Å². The van der Waals surface area contributed by atoms with Crippen LogP contribution in [0.5, 0.6) is 0 Å². The molecule has 1 aliphatic heterocycles. The fourth-order valence-corrected chi connectivity index (χ4v) is 3.03. The minimum atomic E-state index is -0.460. The minimum Gasteiger partial charge on any atom is -0.511 e. The lowest BCUT2D eigenvalue weighted by Gasteiger charge is -2.18. The van der Waals surface area contributed by atoms with E-state index in [0.29, 0.717) is 24.5 Å². The van der Waals surface area contributed by atoms with Crippen LogP contribution in [0.3, 0.4) is 0 Å². The summed E-state index contributed by atoms with van der Waals surface area (Å²) in [5, 5.41) is 13.2. The van der Waals surface area contributed by atoms with Gasteiger partial charge in [-0.25, -0.2) is 9.97 Å². The Hall–Kier alpha value is -2.86. The van der Waals surface area contributed by atoms with Gasteiger partial charge in [0.1, 0.15) is 17.2 Å². The fourth-order valence-electron chi connectivity index (χ4n) is 2.86. The van der Waals surface area contributed by atoms with Crippen LogP contribution < -0.4 is 5.32 Å². The van der Waals surface area contributed by atoms with Gasteiger partial charge in [-0.05, 0) is 24.3 Å². The van der Waals surface area contributed by atoms with Crippen molar-refractivity contribution in [2.24, 2.45) is 0 Å². The summed E-state index contributed by atoms with van der Waals surface area (Å²) in [5.74, 6) is 0.0198. The second-order valence-electron chi connectivity index (χ2n) is 5.44. The highest BCUT2D eigenvalue weighted by Gasteiger charge is 2.28. The molecular formula is C17H13ClN4O2. The molecule has 0 spiro atoms. The number of aliphatic hydroxyl groups excluding tert-OH is 1. The van der Waals surface area contributed by atoms with Crippen molar-refractivity contribution < 1.29 is 9.90 Å². The highest BCUT2D eigenvalue weighted by Crippen LogP contribution is 2.30. The summed E-state index contributed by atoms with van der Waals surface area (Å²) in [7, 11) is 0. The van der Waals surface area contributed by atoms with Crippen molar-refractivity contribution in [1.29, 1.82) is 0 Å². The fraction of sp³-hybridized carbons (Fsp3) is 0.118. The Morgan fingerprint density at radius 3 is 2.92 bits per heavy atom. The van der Waals surface area contributed by atoms with Gasteiger partial charge in [0.15, 0.2) is 5.15 Å². The maximum Gasteiger partial charge on any atom is 0.262 e. The van der Waals surface area contributed by atoms with Crippen LogP contribution in [0.1, 0.15) is 12.2 Å². The number of hydrogen-bond donors (Lipinski definition) is 2. The van der Waals surface area contributed by atoms with E-state index in [4.69, 9.17) is 11.6 Å². The zero-order valence-electron chi connectivity index (χ0n) is 12.5. The van der Waals surface area contributed by atoms with Crippen LogP contribution in [0.4, 0.5) is 5.69 Å². The average molecular weight is 341 g/mol. The van der Waals surface area contributed by atoms with Crippen molar-refractivity contribution in [1.82, 2.24) is 14.5 Å². The summed E-state index contributed by atoms with van der Waals surface area (Å²) < 4.78 is 1.94. The number of carbonyl (C=O) groups is 1. The number of nitrogens with zero attached hydrogens (tertiary/aromatic N) is 3. The molecule has 3 heterocycles. The van der Waals surface area contributed by atoms with Gasteiger partial charge in [-0.3, -0.25) is 4.79 Å². The second-order valence-corrected chi connectivity index (χ2v) is 5.80. The van der Waals surface area contributed by atoms with Crippen LogP contribution in [0, 0.1) is 0 Å². The van der Waals surface area contributed by atoms with E-state index in [1.807, 2.05) is 28.8 Å². The van der Waals surface area contributed by atoms with Crippen LogP contribution in [0.15, 0.2) is 48.4 Å². The number of aryl methyl sites for hydroxylation is 1. The zero-order valence-corrected chi connectivity index (χ0v) is 13.3. The highest BCUT2D eigenvalue weighted by molar-refractivity contribution is 6.34. The van der Waals surface area contributed by atoms with Gasteiger partial charge >= 0.3 is 0 Å². The molecule has 2 N–H and O–H groups in total. The Morgan fingerprint density at radius 1 is 1.25 bits per heavy atom. The largest absolute Gasteiger partial charge is 0.511 e. The molecular weight excluding hydrogens is 328 g/mol. The number of nitrogens with one attached hydrogen (secondary N) is 1. The third-order valence-electron chi connectivity index (χ3n) is 3.97. The number of hydrogen-bond acceptors (Lipinski definition) is 4. The van der Waals surface area contributed by atoms with E-state index in [1.54, 1.807) is 12.1 Å². The van der Waals surface area contributed by atoms with Gasteiger partial charge in [-0.1, -0.05) is 23.7 Å². The van der Waals surface area contributed by atoms with Crippen molar-refractivity contribution in [3.05, 3.63) is 59.3 Å². The van der Waals surface area contributed by atoms with Gasteiger partial charge in [-0.2, -0.15) is 0 Å². The number of aliphatic hydroxyl groups is 1. The van der Waals surface area contributed by atoms with Gasteiger partial charge in [0.25, 0.3) is 5.91 Å². The number of amides is 1. The molecule has 0 saturated carbocycles. The number of para-hydroxylation sites is 2. The van der Waals surface area contributed by atoms with E-state index in [-0.39, 0.29) is 16.5 Å². The molecule has 1 amide bonds. The monoisotopic (exact) mass is 340 g/mol. The van der Waals surface area contributed by atoms with Crippen LogP contribution >= 0.6 is 11.6 Å². The molecule has 6 nitrogen and oxygen atoms in total. The van der Waals surface area contributed by atoms with Crippen LogP contribution in [-0.4, -0.2) is 25.5 Å². The Balaban J connectivity index is 1.78. The van der Waals surface area contributed by atoms with E-state index in [1.165, 1.54) is 6.20 Å². The predicted octanol–water partition coefficient (Wildman–Crippen LogP) is 3.40. The number of rotatable bonds is 2. The molecule has 0 aliphatic carbocycles. The Morgan fingerprint density at radius 2 is 2.08 bits per heavy atom. The molecule has 2 aromatic heterocycles. The third-order valence-corrected chi connectivity index (χ3v) is 4.27. The topological polar surface area (TPSA) is 80.0 Å². The van der Waals surface area contributed by atoms with Crippen molar-refractivity contribution in [3.63, 3.8) is 0 Å². The number of benzene rings is 1. The number of pyridine rings is 1. The SMILES string of the molecule is O=C(Nc1cccnc1Cl)C1=C(O)CCn2c1nc1ccccc12. The first-order valence-electron chi connectivity index (χ1n) is 7.45. The molecule has 3 aromatic rings. The quantitative estimate of drug-likeness (QED) is 0.701. The lowest BCUT2D eigenvalue weighted by atomic mass is 10.1. The summed E-state index contributed by atoms with van der Waals surface area (Å²) in [6.07, 6.45) is 1.91. The summed E-state index contributed by atoms with van der Waals surface area (Å²) >= 11 is 5.98. The number of carbonyl (C=O) groups excluding carboxylic acids is 1. The lowest BCUT2D eigenvalue weighted by Crippen LogP contribution is -2.22. The summed E-state index contributed by atoms with van der Waals surface area (Å²) in [6, 6.07) is 11.0. The van der Waals surface area contributed by atoms with Crippen molar-refractivity contribution in [2.75, 3.05) is 5.32 Å². The molecule has 0 atom stereocenters. The number of imidazole rings is 1. The maximum absolute atomic E-state index is 12.7. The van der Waals surface area contributed by atoms with Gasteiger partial charge in [0.2, 0.25) is 0 Å². The molecule has 120 valence electrons. The maximum atomic E-state index is 12.7. The number of anilines is 1. The molecule has 24 heavy (non-hydrogen) atoms. The highest BCUT2D eigenvalue weighted by atomic mass is 35.5. The van der Waals surface area contributed by atoms with Crippen LogP contribution in [0.25, 0.3) is 16.6 Å². The summed E-state index contributed by atoms with van der Waals surface area (Å²) in [4.78, 5) is 21.1. The minimum absolute atomic E-state index is 0.0234. The van der Waals surface area contributed by atoms with Gasteiger partial charge in [0.05, 0.1) is 16.7 Å². The summed E-state index contributed by atoms with van der Waals surface area (Å²) in [6.45, 7) is 0.576. The Kier molecular flexibility index (Phi) is 3.46. The molecule has 0 unspecified atom stereocenters. The van der Waals surface area contributed by atoms with E-state index < -0.39 is 5.91 Å². The summed E-state index contributed by atoms with van der Waals surface area (Å²) in [5.41, 5.74) is 2.27. The van der Waals surface area contributed by atoms with Gasteiger partial charge in [0, 0.05) is 19.2 Å². The van der Waals surface area contributed by atoms with Crippen molar-refractivity contribution >= 4 is 39.8 Å². The molecule has 0 bridgehead atoms. The van der Waals surface area contributed by atoms with E-state index in [9.17, 15) is 9.90 Å². The van der Waals surface area contributed by atoms with Crippen LogP contribution in [-0.2, 0) is 11.3 Å². The van der Waals surface area contributed by atoms with Gasteiger partial charge in [-0.15, -0.1) is 0 Å². The average Bonchev–Trinajstić information content (AvgIpc) is 2.95. The van der Waals surface area contributed by atoms with E-state index in [0.717, 1.165) is 11.0 Å². The number of aromatic nitrogens is 3. The number of halogens is 1. The first-order valence-corrected chi connectivity index (χ1v) is 7.82. The molecule has 7 heteroatoms. The molecule has 0 saturated heterocycles. The Labute approximate surface area is 142 Å². The number of fused-ring (bicyclic) bond motifs is 3. The molecule has 0 radical (unpaired) electrons. The van der Waals surface area contributed by atoms with E-state index >= 15 is 0 Å². The second kappa shape index (κ2) is 5.65. The first-order chi connectivity index (χ1) is 11.6. The molecule has 4 rings (SSSR count). The number of allylic oxidation sites excluding steroid dienone is 1. The van der Waals surface area contributed by atoms with Crippen molar-refractivity contribution in [3.8, 4) is 0 Å². The van der Waals surface area contributed by atoms with Crippen molar-refractivity contribution in [2.45, 2.75) is 13.0 Å². The van der Waals surface area contributed by atoms with Crippen LogP contribution in [0.2, 0.25) is 5.15 Å². The normalized spacial score (nSPS) is 13.9. The zero-order chi connectivity index (χ0) is 16.7. The smallest absolute Gasteiger partial charge is 0.262 e. The van der Waals surface area contributed by atoms with Gasteiger partial charge < -0.3 is 15.0 Å². The predicted molar refractivity (Wildman–Crippen MR) is 91.8 cm³/mol.